The molecule has 1 unspecified atom stereocenters. The summed E-state index contributed by atoms with van der Waals surface area (Å²) in [7, 11) is 0.631. The summed E-state index contributed by atoms with van der Waals surface area (Å²) in [5.41, 5.74) is 0.884. The van der Waals surface area contributed by atoms with Gasteiger partial charge in [-0.3, -0.25) is 0 Å². The van der Waals surface area contributed by atoms with Gasteiger partial charge in [0.25, 0.3) is 0 Å². The molecule has 1 N–H and O–H groups in total. The van der Waals surface area contributed by atoms with Crippen molar-refractivity contribution >= 4 is 19.4 Å². The van der Waals surface area contributed by atoms with Gasteiger partial charge >= 0.3 is 105 Å². The molecule has 0 aromatic heterocycles. The first-order valence-corrected chi connectivity index (χ1v) is 5.58. The molecule has 0 aliphatic carbocycles. The number of ether oxygens (including phenoxy) is 1. The van der Waals surface area contributed by atoms with Crippen molar-refractivity contribution in [2.45, 2.75) is 19.1 Å². The van der Waals surface area contributed by atoms with Crippen LogP contribution < -0.4 is 5.32 Å². The van der Waals surface area contributed by atoms with E-state index in [-0.39, 0.29) is 19.5 Å². The Balaban J connectivity index is 2.32. The SMILES string of the molecule is O=BCNC(C=O)CC(=O)OCc1ccccc1. The van der Waals surface area contributed by atoms with Gasteiger partial charge in [0, 0.05) is 0 Å². The molecule has 1 rings (SSSR count). The summed E-state index contributed by atoms with van der Waals surface area (Å²) < 4.78 is 15.1. The molecule has 0 saturated carbocycles. The number of aldehydes is 1. The molecule has 0 amide bonds. The number of nitrogens with one attached hydrogen (secondary N) is 1. The first-order chi connectivity index (χ1) is 8.76. The normalized spacial score (nSPS) is 11.3. The Morgan fingerprint density at radius 2 is 2.11 bits per heavy atom. The molecule has 0 aliphatic rings. The third-order valence-electron chi connectivity index (χ3n) is 2.26. The first-order valence-electron chi connectivity index (χ1n) is 5.58. The second-order valence-corrected chi connectivity index (χ2v) is 3.67. The number of carbonyl (C=O) groups is 2. The average molecular weight is 247 g/mol. The fraction of sp³-hybridized carbons (Fsp3) is 0.333. The van der Waals surface area contributed by atoms with Gasteiger partial charge in [-0.25, -0.2) is 0 Å². The molecule has 94 valence electrons. The molecule has 0 fully saturated rings. The van der Waals surface area contributed by atoms with E-state index in [1.165, 1.54) is 0 Å². The van der Waals surface area contributed by atoms with E-state index in [0.717, 1.165) is 5.56 Å². The summed E-state index contributed by atoms with van der Waals surface area (Å²) in [5, 5.41) is 2.61. The quantitative estimate of drug-likeness (QED) is 0.406. The van der Waals surface area contributed by atoms with Crippen LogP contribution in [0.25, 0.3) is 0 Å². The second-order valence-electron chi connectivity index (χ2n) is 3.67. The molecular weight excluding hydrogens is 233 g/mol. The van der Waals surface area contributed by atoms with Crippen LogP contribution in [0.5, 0.6) is 0 Å². The van der Waals surface area contributed by atoms with Crippen LogP contribution in [0.15, 0.2) is 30.3 Å². The van der Waals surface area contributed by atoms with E-state index in [2.05, 4.69) is 5.32 Å². The summed E-state index contributed by atoms with van der Waals surface area (Å²) in [6.45, 7) is 0.179. The first kappa shape index (κ1) is 14.2. The minimum atomic E-state index is -0.682. The number of benzene rings is 1. The molecule has 5 nitrogen and oxygen atoms in total. The number of hydrogen-bond donors (Lipinski definition) is 1. The van der Waals surface area contributed by atoms with E-state index >= 15 is 0 Å². The van der Waals surface area contributed by atoms with Gasteiger partial charge in [-0.1, -0.05) is 0 Å². The number of hydrogen-bond acceptors (Lipinski definition) is 5. The van der Waals surface area contributed by atoms with E-state index in [1.54, 1.807) is 0 Å². The molecule has 6 heteroatoms. The van der Waals surface area contributed by atoms with Crippen molar-refractivity contribution in [2.75, 3.05) is 6.44 Å². The van der Waals surface area contributed by atoms with Gasteiger partial charge in [-0.05, 0) is 0 Å². The maximum absolute atomic E-state index is 11.4. The van der Waals surface area contributed by atoms with Crippen molar-refractivity contribution in [2.24, 2.45) is 0 Å². The van der Waals surface area contributed by atoms with Gasteiger partial charge in [-0.15, -0.1) is 0 Å². The molecule has 1 aromatic carbocycles. The predicted molar refractivity (Wildman–Crippen MR) is 65.2 cm³/mol. The molecule has 0 saturated heterocycles. The number of carbonyl (C=O) groups excluding carboxylic acids is 2. The summed E-state index contributed by atoms with van der Waals surface area (Å²) in [5.74, 6) is -0.477. The average Bonchev–Trinajstić information content (AvgIpc) is 2.42. The molecule has 0 bridgehead atoms. The zero-order valence-corrected chi connectivity index (χ0v) is 9.87. The van der Waals surface area contributed by atoms with Crippen LogP contribution >= 0.6 is 0 Å². The minimum absolute atomic E-state index is 0.0371. The Hall–Kier alpha value is -1.82. The van der Waals surface area contributed by atoms with Gasteiger partial charge in [0.05, 0.1) is 0 Å². The molecular formula is C12H14BNO4. The summed E-state index contributed by atoms with van der Waals surface area (Å²) >= 11 is 0. The Labute approximate surface area is 106 Å². The van der Waals surface area contributed by atoms with E-state index in [4.69, 9.17) is 4.74 Å². The van der Waals surface area contributed by atoms with Gasteiger partial charge in [0.2, 0.25) is 0 Å². The standard InChI is InChI=1S/C12H14BNO4/c15-7-11(14-9-13-17)6-12(16)18-8-10-4-2-1-3-5-10/h1-5,7,11,14H,6,8-9H2. The zero-order valence-electron chi connectivity index (χ0n) is 9.87. The summed E-state index contributed by atoms with van der Waals surface area (Å²) in [6.07, 6.45) is 0.548. The molecule has 1 atom stereocenters. The molecule has 0 radical (unpaired) electrons. The van der Waals surface area contributed by atoms with Crippen LogP contribution in [-0.4, -0.2) is 31.9 Å². The van der Waals surface area contributed by atoms with Crippen molar-refractivity contribution in [3.63, 3.8) is 0 Å². The van der Waals surface area contributed by atoms with Crippen LogP contribution in [0, 0.1) is 0 Å². The molecule has 0 heterocycles. The Morgan fingerprint density at radius 3 is 2.72 bits per heavy atom. The van der Waals surface area contributed by atoms with E-state index in [9.17, 15) is 14.3 Å². The fourth-order valence-corrected chi connectivity index (χ4v) is 1.34. The van der Waals surface area contributed by atoms with E-state index < -0.39 is 12.0 Å². The topological polar surface area (TPSA) is 72.5 Å². The van der Waals surface area contributed by atoms with Crippen LogP contribution in [0.4, 0.5) is 0 Å². The maximum atomic E-state index is 11.4. The van der Waals surface area contributed by atoms with Crippen molar-refractivity contribution in [3.8, 4) is 0 Å². The van der Waals surface area contributed by atoms with Crippen LogP contribution in [-0.2, 0) is 25.6 Å². The molecule has 0 spiro atoms. The Kier molecular flexibility index (Phi) is 6.57. The van der Waals surface area contributed by atoms with Crippen LogP contribution in [0.3, 0.4) is 0 Å². The predicted octanol–water partition coefficient (Wildman–Crippen LogP) is 0.284. The van der Waals surface area contributed by atoms with Crippen molar-refractivity contribution in [1.29, 1.82) is 0 Å². The zero-order chi connectivity index (χ0) is 13.2. The summed E-state index contributed by atoms with van der Waals surface area (Å²) in [4.78, 5) is 22.1. The Bertz CT molecular complexity index is 396. The van der Waals surface area contributed by atoms with E-state index in [1.807, 2.05) is 30.3 Å². The van der Waals surface area contributed by atoms with Crippen LogP contribution in [0.1, 0.15) is 12.0 Å². The number of esters is 1. The summed E-state index contributed by atoms with van der Waals surface area (Å²) in [6, 6.07) is 8.58. The molecule has 1 aromatic rings. The van der Waals surface area contributed by atoms with Gasteiger partial charge in [0.15, 0.2) is 0 Å². The van der Waals surface area contributed by atoms with Crippen molar-refractivity contribution in [1.82, 2.24) is 5.32 Å². The number of rotatable bonds is 8. The third-order valence-corrected chi connectivity index (χ3v) is 2.26. The molecule has 18 heavy (non-hydrogen) atoms. The third kappa shape index (κ3) is 5.49. The van der Waals surface area contributed by atoms with Gasteiger partial charge < -0.3 is 0 Å². The van der Waals surface area contributed by atoms with Crippen LogP contribution in [0.2, 0.25) is 0 Å². The van der Waals surface area contributed by atoms with Crippen molar-refractivity contribution < 1.29 is 19.0 Å². The monoisotopic (exact) mass is 247 g/mol. The fourth-order valence-electron chi connectivity index (χ4n) is 1.34. The molecule has 0 aliphatic heterocycles. The van der Waals surface area contributed by atoms with Crippen molar-refractivity contribution in [3.05, 3.63) is 35.9 Å². The van der Waals surface area contributed by atoms with Gasteiger partial charge in [0.1, 0.15) is 0 Å². The van der Waals surface area contributed by atoms with E-state index in [0.29, 0.717) is 13.4 Å². The second kappa shape index (κ2) is 8.30. The Morgan fingerprint density at radius 1 is 1.39 bits per heavy atom. The van der Waals surface area contributed by atoms with Gasteiger partial charge in [-0.2, -0.15) is 0 Å².